The average molecular weight is 259 g/mol. The molecule has 2 rings (SSSR count). The number of aromatic nitrogens is 1. The van der Waals surface area contributed by atoms with Crippen LogP contribution in [0.4, 0.5) is 0 Å². The van der Waals surface area contributed by atoms with Gasteiger partial charge in [-0.2, -0.15) is 0 Å². The molecule has 0 aliphatic heterocycles. The Morgan fingerprint density at radius 2 is 2.06 bits per heavy atom. The summed E-state index contributed by atoms with van der Waals surface area (Å²) >= 11 is 5.38. The molecule has 2 nitrogen and oxygen atoms in total. The lowest BCUT2D eigenvalue weighted by molar-refractivity contribution is -0.116. The second-order valence-electron chi connectivity index (χ2n) is 4.81. The predicted octanol–water partition coefficient (Wildman–Crippen LogP) is 4.04. The molecule has 94 valence electrons. The maximum absolute atomic E-state index is 11.1. The highest BCUT2D eigenvalue weighted by Gasteiger charge is 2.08. The van der Waals surface area contributed by atoms with E-state index in [4.69, 9.17) is 12.2 Å². The van der Waals surface area contributed by atoms with Gasteiger partial charge in [-0.3, -0.25) is 0 Å². The van der Waals surface area contributed by atoms with Crippen molar-refractivity contribution in [3.05, 3.63) is 39.5 Å². The number of hydrogen-bond donors (Lipinski definition) is 1. The molecule has 0 fully saturated rings. The van der Waals surface area contributed by atoms with Gasteiger partial charge >= 0.3 is 0 Å². The lowest BCUT2D eigenvalue weighted by Gasteiger charge is -2.10. The van der Waals surface area contributed by atoms with E-state index >= 15 is 0 Å². The maximum atomic E-state index is 11.1. The summed E-state index contributed by atoms with van der Waals surface area (Å²) in [6, 6.07) is 6.29. The average Bonchev–Trinajstić information content (AvgIpc) is 2.30. The van der Waals surface area contributed by atoms with Crippen molar-refractivity contribution in [3.63, 3.8) is 0 Å². The van der Waals surface area contributed by atoms with Gasteiger partial charge in [-0.15, -0.1) is 0 Å². The lowest BCUT2D eigenvalue weighted by atomic mass is 9.99. The summed E-state index contributed by atoms with van der Waals surface area (Å²) in [5, 5.41) is 1.20. The molecule has 0 atom stereocenters. The zero-order valence-corrected chi connectivity index (χ0v) is 11.8. The van der Waals surface area contributed by atoms with Crippen molar-refractivity contribution in [3.8, 4) is 0 Å². The molecule has 0 saturated heterocycles. The monoisotopic (exact) mass is 259 g/mol. The second-order valence-corrected chi connectivity index (χ2v) is 5.22. The van der Waals surface area contributed by atoms with Gasteiger partial charge in [0.05, 0.1) is 0 Å². The molecule has 0 aliphatic carbocycles. The number of nitrogens with one attached hydrogen (secondary N) is 1. The summed E-state index contributed by atoms with van der Waals surface area (Å²) in [7, 11) is 0. The van der Waals surface area contributed by atoms with Gasteiger partial charge in [-0.25, -0.2) is 0 Å². The van der Waals surface area contributed by atoms with E-state index in [2.05, 4.69) is 37.0 Å². The van der Waals surface area contributed by atoms with Gasteiger partial charge in [0, 0.05) is 17.3 Å². The topological polar surface area (TPSA) is 32.9 Å². The largest absolute Gasteiger partial charge is 0.346 e. The quantitative estimate of drug-likeness (QED) is 0.844. The van der Waals surface area contributed by atoms with Crippen LogP contribution in [-0.2, 0) is 11.2 Å². The van der Waals surface area contributed by atoms with Gasteiger partial charge in [-0.1, -0.05) is 23.8 Å². The Morgan fingerprint density at radius 1 is 1.33 bits per heavy atom. The standard InChI is InChI=1S/C15H17NOS/c1-9-4-7-14-13(8-9)11(3)12(15(18)16-14)6-5-10(2)17/h4,7-8H,5-6H2,1-3H3,(H,16,18). The van der Waals surface area contributed by atoms with Crippen molar-refractivity contribution in [1.82, 2.24) is 4.98 Å². The molecular weight excluding hydrogens is 242 g/mol. The smallest absolute Gasteiger partial charge is 0.130 e. The minimum Gasteiger partial charge on any atom is -0.346 e. The van der Waals surface area contributed by atoms with E-state index in [9.17, 15) is 4.79 Å². The zero-order valence-electron chi connectivity index (χ0n) is 11.0. The van der Waals surface area contributed by atoms with Crippen LogP contribution in [0.15, 0.2) is 18.2 Å². The molecule has 0 radical (unpaired) electrons. The molecule has 1 N–H and O–H groups in total. The first-order chi connectivity index (χ1) is 8.49. The Balaban J connectivity index is 2.59. The normalized spacial score (nSPS) is 10.8. The molecule has 0 saturated carbocycles. The number of ketones is 1. The van der Waals surface area contributed by atoms with Crippen LogP contribution in [0.3, 0.4) is 0 Å². The Bertz CT molecular complexity index is 670. The van der Waals surface area contributed by atoms with Crippen molar-refractivity contribution in [1.29, 1.82) is 0 Å². The fourth-order valence-corrected chi connectivity index (χ4v) is 2.58. The third-order valence-electron chi connectivity index (χ3n) is 3.28. The van der Waals surface area contributed by atoms with Gasteiger partial charge in [0.2, 0.25) is 0 Å². The van der Waals surface area contributed by atoms with Crippen LogP contribution in [0.25, 0.3) is 10.9 Å². The van der Waals surface area contributed by atoms with Gasteiger partial charge in [0.25, 0.3) is 0 Å². The number of H-pyrrole nitrogens is 1. The number of rotatable bonds is 3. The molecule has 18 heavy (non-hydrogen) atoms. The van der Waals surface area contributed by atoms with Crippen LogP contribution in [0, 0.1) is 18.5 Å². The Kier molecular flexibility index (Phi) is 3.62. The number of carbonyl (C=O) groups excluding carboxylic acids is 1. The van der Waals surface area contributed by atoms with E-state index in [0.717, 1.165) is 22.1 Å². The molecule has 0 unspecified atom stereocenters. The summed E-state index contributed by atoms with van der Waals surface area (Å²) in [4.78, 5) is 14.4. The maximum Gasteiger partial charge on any atom is 0.130 e. The highest BCUT2D eigenvalue weighted by Crippen LogP contribution is 2.23. The third-order valence-corrected chi connectivity index (χ3v) is 3.63. The molecule has 0 spiro atoms. The second kappa shape index (κ2) is 5.02. The molecule has 2 aromatic rings. The van der Waals surface area contributed by atoms with Gasteiger partial charge < -0.3 is 9.78 Å². The molecule has 0 bridgehead atoms. The van der Waals surface area contributed by atoms with Crippen LogP contribution in [-0.4, -0.2) is 10.8 Å². The van der Waals surface area contributed by atoms with Crippen molar-refractivity contribution >= 4 is 28.9 Å². The van der Waals surface area contributed by atoms with Crippen LogP contribution < -0.4 is 0 Å². The summed E-state index contributed by atoms with van der Waals surface area (Å²) < 4.78 is 0.755. The third kappa shape index (κ3) is 2.51. The molecule has 1 heterocycles. The number of hydrogen-bond acceptors (Lipinski definition) is 2. The summed E-state index contributed by atoms with van der Waals surface area (Å²) in [5.41, 5.74) is 4.58. The van der Waals surface area contributed by atoms with Gasteiger partial charge in [0.1, 0.15) is 10.4 Å². The van der Waals surface area contributed by atoms with E-state index in [1.165, 1.54) is 16.5 Å². The first-order valence-electron chi connectivity index (χ1n) is 6.10. The SMILES string of the molecule is CC(=O)CCc1c(C)c2cc(C)ccc2[nH]c1=S. The van der Waals surface area contributed by atoms with Crippen molar-refractivity contribution < 1.29 is 4.79 Å². The molecule has 1 aromatic carbocycles. The van der Waals surface area contributed by atoms with E-state index in [1.807, 2.05) is 0 Å². The highest BCUT2D eigenvalue weighted by molar-refractivity contribution is 7.71. The minimum absolute atomic E-state index is 0.202. The van der Waals surface area contributed by atoms with E-state index in [0.29, 0.717) is 6.42 Å². The van der Waals surface area contributed by atoms with Crippen molar-refractivity contribution in [2.75, 3.05) is 0 Å². The number of carbonyl (C=O) groups is 1. The van der Waals surface area contributed by atoms with Crippen LogP contribution in [0.5, 0.6) is 0 Å². The number of Topliss-reactive ketones (excluding diaryl/α,β-unsaturated/α-hetero) is 1. The highest BCUT2D eigenvalue weighted by atomic mass is 32.1. The van der Waals surface area contributed by atoms with Crippen molar-refractivity contribution in [2.24, 2.45) is 0 Å². The molecule has 3 heteroatoms. The predicted molar refractivity (Wildman–Crippen MR) is 77.6 cm³/mol. The Morgan fingerprint density at radius 3 is 2.72 bits per heavy atom. The number of aromatic amines is 1. The number of aryl methyl sites for hydroxylation is 2. The van der Waals surface area contributed by atoms with Gasteiger partial charge in [0.15, 0.2) is 0 Å². The van der Waals surface area contributed by atoms with Crippen LogP contribution in [0.2, 0.25) is 0 Å². The number of pyridine rings is 1. The number of benzene rings is 1. The fraction of sp³-hybridized carbons (Fsp3) is 0.333. The van der Waals surface area contributed by atoms with Crippen LogP contribution in [0.1, 0.15) is 30.0 Å². The van der Waals surface area contributed by atoms with E-state index < -0.39 is 0 Å². The summed E-state index contributed by atoms with van der Waals surface area (Å²) in [6.07, 6.45) is 1.27. The van der Waals surface area contributed by atoms with Crippen LogP contribution >= 0.6 is 12.2 Å². The molecular formula is C15H17NOS. The van der Waals surface area contributed by atoms with Gasteiger partial charge in [-0.05, 0) is 50.5 Å². The fourth-order valence-electron chi connectivity index (χ4n) is 2.21. The minimum atomic E-state index is 0.202. The molecule has 0 amide bonds. The van der Waals surface area contributed by atoms with Crippen molar-refractivity contribution in [2.45, 2.75) is 33.6 Å². The summed E-state index contributed by atoms with van der Waals surface area (Å²) in [6.45, 7) is 5.78. The number of fused-ring (bicyclic) bond motifs is 1. The molecule has 0 aliphatic rings. The van der Waals surface area contributed by atoms with E-state index in [-0.39, 0.29) is 5.78 Å². The summed E-state index contributed by atoms with van der Waals surface area (Å²) in [5.74, 6) is 0.202. The molecule has 1 aromatic heterocycles. The first kappa shape index (κ1) is 13.0. The van der Waals surface area contributed by atoms with E-state index in [1.54, 1.807) is 6.92 Å². The zero-order chi connectivity index (χ0) is 13.3. The Labute approximate surface area is 112 Å². The first-order valence-corrected chi connectivity index (χ1v) is 6.51. The lowest BCUT2D eigenvalue weighted by Crippen LogP contribution is -2.00. The Hall–Kier alpha value is -1.48.